The third-order valence-electron chi connectivity index (χ3n) is 8.97. The van der Waals surface area contributed by atoms with Gasteiger partial charge in [-0.3, -0.25) is 0 Å². The van der Waals surface area contributed by atoms with E-state index in [-0.39, 0.29) is 0 Å². The van der Waals surface area contributed by atoms with Crippen LogP contribution in [0.5, 0.6) is 0 Å². The summed E-state index contributed by atoms with van der Waals surface area (Å²) < 4.78 is 0. The lowest BCUT2D eigenvalue weighted by molar-refractivity contribution is 0.426. The molecule has 0 aliphatic heterocycles. The first-order chi connectivity index (χ1) is 20.2. The monoisotopic (exact) mass is 522 g/mol. The van der Waals surface area contributed by atoms with Gasteiger partial charge < -0.3 is 10.0 Å². The second kappa shape index (κ2) is 8.28. The van der Waals surface area contributed by atoms with Gasteiger partial charge in [-0.1, -0.05) is 121 Å². The van der Waals surface area contributed by atoms with Crippen LogP contribution in [0.3, 0.4) is 0 Å². The maximum Gasteiger partial charge on any atom is 0.488 e. The highest BCUT2D eigenvalue weighted by atomic mass is 16.4. The number of rotatable bonds is 3. The summed E-state index contributed by atoms with van der Waals surface area (Å²) in [6, 6.07) is 45.0. The molecule has 7 aromatic carbocycles. The van der Waals surface area contributed by atoms with E-state index in [2.05, 4.69) is 115 Å². The number of hydrogen-bond donors (Lipinski definition) is 2. The van der Waals surface area contributed by atoms with Crippen LogP contribution in [0.1, 0.15) is 0 Å². The fourth-order valence-corrected chi connectivity index (χ4v) is 7.23. The van der Waals surface area contributed by atoms with Crippen LogP contribution in [-0.4, -0.2) is 17.2 Å². The van der Waals surface area contributed by atoms with Crippen LogP contribution < -0.4 is 5.46 Å². The Bertz CT molecular complexity index is 2030. The lowest BCUT2D eigenvalue weighted by atomic mass is 9.76. The normalized spacial score (nSPS) is 12.1. The maximum atomic E-state index is 10.4. The van der Waals surface area contributed by atoms with E-state index in [1.807, 2.05) is 12.1 Å². The van der Waals surface area contributed by atoms with Crippen molar-refractivity contribution in [3.05, 3.63) is 127 Å². The van der Waals surface area contributed by atoms with Gasteiger partial charge in [0.15, 0.2) is 0 Å². The van der Waals surface area contributed by atoms with E-state index < -0.39 is 7.12 Å². The van der Waals surface area contributed by atoms with Crippen LogP contribution in [-0.2, 0) is 0 Å². The molecular formula is C38H23BO2. The van der Waals surface area contributed by atoms with Crippen LogP contribution in [0.4, 0.5) is 0 Å². The molecule has 2 nitrogen and oxygen atoms in total. The summed E-state index contributed by atoms with van der Waals surface area (Å²) in [5, 5.41) is 25.6. The van der Waals surface area contributed by atoms with Crippen LogP contribution >= 0.6 is 0 Å². The minimum Gasteiger partial charge on any atom is -0.423 e. The molecule has 3 heteroatoms. The second-order valence-corrected chi connectivity index (χ2v) is 11.1. The van der Waals surface area contributed by atoms with Crippen molar-refractivity contribution < 1.29 is 10.0 Å². The predicted molar refractivity (Wildman–Crippen MR) is 171 cm³/mol. The van der Waals surface area contributed by atoms with Crippen molar-refractivity contribution in [2.24, 2.45) is 0 Å². The third kappa shape index (κ3) is 3.10. The van der Waals surface area contributed by atoms with E-state index in [0.717, 1.165) is 22.3 Å². The lowest BCUT2D eigenvalue weighted by Crippen LogP contribution is -2.30. The van der Waals surface area contributed by atoms with Gasteiger partial charge in [0, 0.05) is 0 Å². The molecule has 190 valence electrons. The molecule has 0 saturated heterocycles. The van der Waals surface area contributed by atoms with Gasteiger partial charge in [-0.25, -0.2) is 0 Å². The standard InChI is InChI=1S/C38H23BO2/c40-39(41)24-20-22(25-15-17-35-29-9-3-1-7-27(29)33-13-5-11-31(25)37(33)35)19-23(21-24)26-16-18-36-30-10-4-2-8-28(30)34-14-6-12-32(26)38(34)36/h1-21,40-41H. The molecule has 2 aliphatic carbocycles. The van der Waals surface area contributed by atoms with Crippen LogP contribution in [0.15, 0.2) is 127 Å². The molecule has 0 aromatic heterocycles. The van der Waals surface area contributed by atoms with Gasteiger partial charge in [-0.05, 0) is 99.8 Å². The molecule has 0 amide bonds. The van der Waals surface area contributed by atoms with E-state index in [1.165, 1.54) is 66.1 Å². The van der Waals surface area contributed by atoms with Crippen molar-refractivity contribution in [2.75, 3.05) is 0 Å². The maximum absolute atomic E-state index is 10.4. The molecule has 2 N–H and O–H groups in total. The lowest BCUT2D eigenvalue weighted by Gasteiger charge is -2.15. The minimum absolute atomic E-state index is 0.482. The van der Waals surface area contributed by atoms with Crippen molar-refractivity contribution in [1.29, 1.82) is 0 Å². The highest BCUT2D eigenvalue weighted by molar-refractivity contribution is 6.59. The highest BCUT2D eigenvalue weighted by Crippen LogP contribution is 2.51. The first-order valence-corrected chi connectivity index (χ1v) is 14.0. The Kier molecular flexibility index (Phi) is 4.61. The molecule has 0 saturated carbocycles. The Hall–Kier alpha value is -4.96. The molecular weight excluding hydrogens is 499 g/mol. The minimum atomic E-state index is -1.57. The Morgan fingerprint density at radius 3 is 1.12 bits per heavy atom. The summed E-state index contributed by atoms with van der Waals surface area (Å²) in [5.41, 5.74) is 14.6. The Morgan fingerprint density at radius 1 is 0.341 bits per heavy atom. The Balaban J connectivity index is 1.29. The molecule has 0 spiro atoms. The van der Waals surface area contributed by atoms with Gasteiger partial charge in [0.1, 0.15) is 0 Å². The zero-order chi connectivity index (χ0) is 27.2. The molecule has 0 atom stereocenters. The van der Waals surface area contributed by atoms with Crippen LogP contribution in [0.25, 0.3) is 88.3 Å². The summed E-state index contributed by atoms with van der Waals surface area (Å²) in [5.74, 6) is 0. The number of hydrogen-bond acceptors (Lipinski definition) is 2. The SMILES string of the molecule is OB(O)c1cc(-c2ccc3c4c(cccc24)-c2ccccc2-3)cc(-c2ccc3c4c(cccc24)-c2ccccc2-3)c1. The molecule has 0 bridgehead atoms. The van der Waals surface area contributed by atoms with Gasteiger partial charge in [0.25, 0.3) is 0 Å². The molecule has 41 heavy (non-hydrogen) atoms. The Labute approximate surface area is 237 Å². The molecule has 0 unspecified atom stereocenters. The van der Waals surface area contributed by atoms with Crippen molar-refractivity contribution in [3.8, 4) is 66.8 Å². The number of fused-ring (bicyclic) bond motifs is 6. The fourth-order valence-electron chi connectivity index (χ4n) is 7.23. The third-order valence-corrected chi connectivity index (χ3v) is 8.97. The smallest absolute Gasteiger partial charge is 0.423 e. The van der Waals surface area contributed by atoms with Crippen LogP contribution in [0.2, 0.25) is 0 Å². The van der Waals surface area contributed by atoms with E-state index in [9.17, 15) is 10.0 Å². The van der Waals surface area contributed by atoms with Crippen molar-refractivity contribution in [2.45, 2.75) is 0 Å². The molecule has 7 aromatic rings. The first kappa shape index (κ1) is 22.8. The predicted octanol–water partition coefficient (Wildman–Crippen LogP) is 8.30. The summed E-state index contributed by atoms with van der Waals surface area (Å²) in [6.07, 6.45) is 0. The average molecular weight is 522 g/mol. The van der Waals surface area contributed by atoms with E-state index in [1.54, 1.807) is 0 Å². The second-order valence-electron chi connectivity index (χ2n) is 11.1. The van der Waals surface area contributed by atoms with Gasteiger partial charge in [0.05, 0.1) is 0 Å². The van der Waals surface area contributed by atoms with Gasteiger partial charge >= 0.3 is 7.12 Å². The summed E-state index contributed by atoms with van der Waals surface area (Å²) in [4.78, 5) is 0. The molecule has 9 rings (SSSR count). The van der Waals surface area contributed by atoms with Gasteiger partial charge in [-0.2, -0.15) is 0 Å². The van der Waals surface area contributed by atoms with E-state index in [0.29, 0.717) is 5.46 Å². The van der Waals surface area contributed by atoms with Crippen molar-refractivity contribution >= 4 is 34.1 Å². The molecule has 2 aliphatic rings. The fraction of sp³-hybridized carbons (Fsp3) is 0. The highest BCUT2D eigenvalue weighted by Gasteiger charge is 2.25. The molecule has 0 radical (unpaired) electrons. The van der Waals surface area contributed by atoms with E-state index in [4.69, 9.17) is 0 Å². The van der Waals surface area contributed by atoms with Crippen molar-refractivity contribution in [3.63, 3.8) is 0 Å². The quantitative estimate of drug-likeness (QED) is 0.229. The van der Waals surface area contributed by atoms with Crippen LogP contribution in [0, 0.1) is 0 Å². The zero-order valence-corrected chi connectivity index (χ0v) is 22.1. The van der Waals surface area contributed by atoms with Crippen molar-refractivity contribution in [1.82, 2.24) is 0 Å². The first-order valence-electron chi connectivity index (χ1n) is 14.0. The molecule has 0 fully saturated rings. The van der Waals surface area contributed by atoms with E-state index >= 15 is 0 Å². The summed E-state index contributed by atoms with van der Waals surface area (Å²) in [6.45, 7) is 0. The summed E-state index contributed by atoms with van der Waals surface area (Å²) >= 11 is 0. The van der Waals surface area contributed by atoms with Gasteiger partial charge in [-0.15, -0.1) is 0 Å². The number of benzene rings is 7. The Morgan fingerprint density at radius 2 is 0.707 bits per heavy atom. The zero-order valence-electron chi connectivity index (χ0n) is 22.1. The van der Waals surface area contributed by atoms with Gasteiger partial charge in [0.2, 0.25) is 0 Å². The largest absolute Gasteiger partial charge is 0.488 e. The molecule has 0 heterocycles. The average Bonchev–Trinajstić information content (AvgIpc) is 3.53. The topological polar surface area (TPSA) is 40.5 Å². The summed E-state index contributed by atoms with van der Waals surface area (Å²) in [7, 11) is -1.57.